The van der Waals surface area contributed by atoms with Crippen molar-refractivity contribution >= 4 is 46.0 Å². The van der Waals surface area contributed by atoms with Crippen molar-refractivity contribution in [2.24, 2.45) is 0 Å². The minimum absolute atomic E-state index is 0.213. The average Bonchev–Trinajstić information content (AvgIpc) is 3.47. The minimum atomic E-state index is -0.568. The van der Waals surface area contributed by atoms with Gasteiger partial charge in [0.15, 0.2) is 5.69 Å². The lowest BCUT2D eigenvalue weighted by atomic mass is 10.2. The maximum absolute atomic E-state index is 13.0. The summed E-state index contributed by atoms with van der Waals surface area (Å²) in [5.41, 5.74) is 3.25. The van der Waals surface area contributed by atoms with Gasteiger partial charge in [-0.15, -0.1) is 0 Å². The number of carbonyl (C=O) groups excluding carboxylic acids is 2. The fourth-order valence-electron chi connectivity index (χ4n) is 3.81. The number of nitrogens with zero attached hydrogens (tertiary/aromatic N) is 2. The third kappa shape index (κ3) is 4.94. The van der Waals surface area contributed by atoms with Gasteiger partial charge in [0.2, 0.25) is 0 Å². The van der Waals surface area contributed by atoms with Gasteiger partial charge in [0.05, 0.1) is 36.5 Å². The molecule has 0 fully saturated rings. The monoisotopic (exact) mass is 478 g/mol. The number of esters is 1. The predicted octanol–water partition coefficient (Wildman–Crippen LogP) is 4.88. The third-order valence-corrected chi connectivity index (χ3v) is 6.15. The van der Waals surface area contributed by atoms with Crippen LogP contribution in [0.3, 0.4) is 0 Å². The van der Waals surface area contributed by atoms with Crippen LogP contribution >= 0.6 is 11.8 Å². The summed E-state index contributed by atoms with van der Waals surface area (Å²) in [6, 6.07) is 13.4. The Hall–Kier alpha value is -3.72. The smallest absolute Gasteiger partial charge is 0.356 e. The largest absolute Gasteiger partial charge is 0.472 e. The van der Waals surface area contributed by atoms with Gasteiger partial charge in [0, 0.05) is 23.7 Å². The SMILES string of the molecule is COC(=O)c1c(NC(=O)c2ccoc2)c2cc(NC(C)CSC)cnc2n1Cc1ccccc1. The quantitative estimate of drug-likeness (QED) is 0.331. The number of hydrogen-bond acceptors (Lipinski definition) is 7. The second-order valence-electron chi connectivity index (χ2n) is 7.85. The summed E-state index contributed by atoms with van der Waals surface area (Å²) in [4.78, 5) is 30.6. The molecule has 1 atom stereocenters. The van der Waals surface area contributed by atoms with Crippen LogP contribution < -0.4 is 10.6 Å². The number of benzene rings is 1. The Kier molecular flexibility index (Phi) is 7.22. The Balaban J connectivity index is 1.87. The number of pyridine rings is 1. The van der Waals surface area contributed by atoms with Crippen LogP contribution in [0, 0.1) is 0 Å². The molecular formula is C25H26N4O4S. The first-order chi connectivity index (χ1) is 16.5. The number of methoxy groups -OCH3 is 1. The fourth-order valence-corrected chi connectivity index (χ4v) is 4.40. The zero-order valence-electron chi connectivity index (χ0n) is 19.2. The first kappa shape index (κ1) is 23.4. The van der Waals surface area contributed by atoms with Crippen molar-refractivity contribution in [2.75, 3.05) is 29.8 Å². The number of thioether (sulfide) groups is 1. The van der Waals surface area contributed by atoms with E-state index >= 15 is 0 Å². The summed E-state index contributed by atoms with van der Waals surface area (Å²) in [7, 11) is 1.32. The minimum Gasteiger partial charge on any atom is -0.472 e. The summed E-state index contributed by atoms with van der Waals surface area (Å²) >= 11 is 1.74. The van der Waals surface area contributed by atoms with E-state index in [2.05, 4.69) is 28.8 Å². The molecule has 4 aromatic rings. The number of aromatic nitrogens is 2. The van der Waals surface area contributed by atoms with Gasteiger partial charge in [-0.2, -0.15) is 11.8 Å². The molecule has 3 heterocycles. The van der Waals surface area contributed by atoms with Crippen LogP contribution in [0.15, 0.2) is 65.6 Å². The average molecular weight is 479 g/mol. The predicted molar refractivity (Wildman–Crippen MR) is 135 cm³/mol. The van der Waals surface area contributed by atoms with Crippen LogP contribution in [0.2, 0.25) is 0 Å². The highest BCUT2D eigenvalue weighted by molar-refractivity contribution is 7.98. The van der Waals surface area contributed by atoms with Crippen LogP contribution in [-0.4, -0.2) is 46.6 Å². The lowest BCUT2D eigenvalue weighted by molar-refractivity contribution is 0.0591. The van der Waals surface area contributed by atoms with Gasteiger partial charge in [0.25, 0.3) is 5.91 Å². The maximum atomic E-state index is 13.0. The van der Waals surface area contributed by atoms with Crippen molar-refractivity contribution in [1.82, 2.24) is 9.55 Å². The molecule has 0 saturated carbocycles. The summed E-state index contributed by atoms with van der Waals surface area (Å²) in [6.45, 7) is 2.47. The number of furan rings is 1. The molecule has 0 spiro atoms. The molecule has 3 aromatic heterocycles. The molecule has 9 heteroatoms. The Morgan fingerprint density at radius 1 is 1.24 bits per heavy atom. The number of nitrogens with one attached hydrogen (secondary N) is 2. The lowest BCUT2D eigenvalue weighted by Crippen LogP contribution is -2.17. The number of amides is 1. The molecule has 8 nitrogen and oxygen atoms in total. The van der Waals surface area contributed by atoms with Crippen molar-refractivity contribution < 1.29 is 18.7 Å². The van der Waals surface area contributed by atoms with Gasteiger partial charge in [0.1, 0.15) is 11.9 Å². The van der Waals surface area contributed by atoms with Gasteiger partial charge < -0.3 is 24.4 Å². The molecule has 2 N–H and O–H groups in total. The zero-order chi connectivity index (χ0) is 24.1. The normalized spacial score (nSPS) is 11.9. The fraction of sp³-hybridized carbons (Fsp3) is 0.240. The van der Waals surface area contributed by atoms with Crippen molar-refractivity contribution in [3.8, 4) is 0 Å². The van der Waals surface area contributed by atoms with Crippen molar-refractivity contribution in [3.05, 3.63) is 78.0 Å². The number of rotatable bonds is 9. The molecule has 1 aromatic carbocycles. The highest BCUT2D eigenvalue weighted by atomic mass is 32.2. The summed E-state index contributed by atoms with van der Waals surface area (Å²) < 4.78 is 11.9. The van der Waals surface area contributed by atoms with E-state index in [9.17, 15) is 9.59 Å². The molecule has 0 aliphatic rings. The van der Waals surface area contributed by atoms with Crippen LogP contribution in [0.4, 0.5) is 11.4 Å². The molecule has 0 radical (unpaired) electrons. The van der Waals surface area contributed by atoms with Gasteiger partial charge in [-0.25, -0.2) is 9.78 Å². The number of fused-ring (bicyclic) bond motifs is 1. The second-order valence-corrected chi connectivity index (χ2v) is 8.76. The molecule has 1 unspecified atom stereocenters. The van der Waals surface area contributed by atoms with E-state index < -0.39 is 11.9 Å². The molecule has 1 amide bonds. The third-order valence-electron chi connectivity index (χ3n) is 5.31. The first-order valence-corrected chi connectivity index (χ1v) is 12.1. The molecule has 34 heavy (non-hydrogen) atoms. The van der Waals surface area contributed by atoms with Crippen molar-refractivity contribution in [2.45, 2.75) is 19.5 Å². The van der Waals surface area contributed by atoms with E-state index in [0.29, 0.717) is 28.8 Å². The summed E-state index contributed by atoms with van der Waals surface area (Å²) in [6.07, 6.45) is 6.57. The van der Waals surface area contributed by atoms with E-state index in [1.807, 2.05) is 36.4 Å². The zero-order valence-corrected chi connectivity index (χ0v) is 20.0. The van der Waals surface area contributed by atoms with Crippen molar-refractivity contribution in [1.29, 1.82) is 0 Å². The Labute approximate surface area is 201 Å². The molecule has 0 aliphatic carbocycles. The van der Waals surface area contributed by atoms with E-state index in [0.717, 1.165) is 17.0 Å². The molecular weight excluding hydrogens is 452 g/mol. The van der Waals surface area contributed by atoms with Gasteiger partial charge >= 0.3 is 5.97 Å². The molecule has 176 valence electrons. The summed E-state index contributed by atoms with van der Waals surface area (Å²) in [5, 5.41) is 6.95. The molecule has 0 aliphatic heterocycles. The molecule has 0 saturated heterocycles. The van der Waals surface area contributed by atoms with E-state index in [4.69, 9.17) is 9.15 Å². The van der Waals surface area contributed by atoms with Crippen LogP contribution in [-0.2, 0) is 11.3 Å². The lowest BCUT2D eigenvalue weighted by Gasteiger charge is -2.14. The van der Waals surface area contributed by atoms with E-state index in [-0.39, 0.29) is 11.7 Å². The number of carbonyl (C=O) groups is 2. The maximum Gasteiger partial charge on any atom is 0.356 e. The van der Waals surface area contributed by atoms with Crippen LogP contribution in [0.25, 0.3) is 11.0 Å². The standard InChI is InChI=1S/C25H26N4O4S/c1-16(15-34-3)27-19-11-20-21(28-24(30)18-9-10-33-14-18)22(25(31)32-2)29(23(20)26-12-19)13-17-7-5-4-6-8-17/h4-12,14,16,27H,13,15H2,1-3H3,(H,28,30). The Morgan fingerprint density at radius 2 is 2.03 bits per heavy atom. The van der Waals surface area contributed by atoms with Gasteiger partial charge in [-0.05, 0) is 30.9 Å². The number of hydrogen-bond donors (Lipinski definition) is 2. The van der Waals surface area contributed by atoms with Crippen molar-refractivity contribution in [3.63, 3.8) is 0 Å². The number of ether oxygens (including phenoxy) is 1. The highest BCUT2D eigenvalue weighted by Crippen LogP contribution is 2.34. The molecule has 0 bridgehead atoms. The first-order valence-electron chi connectivity index (χ1n) is 10.7. The highest BCUT2D eigenvalue weighted by Gasteiger charge is 2.27. The summed E-state index contributed by atoms with van der Waals surface area (Å²) in [5.74, 6) is -0.0432. The number of anilines is 2. The van der Waals surface area contributed by atoms with Gasteiger partial charge in [-0.3, -0.25) is 4.79 Å². The second kappa shape index (κ2) is 10.5. The van der Waals surface area contributed by atoms with Crippen LogP contribution in [0.5, 0.6) is 0 Å². The topological polar surface area (TPSA) is 98.4 Å². The van der Waals surface area contributed by atoms with Crippen LogP contribution in [0.1, 0.15) is 33.3 Å². The van der Waals surface area contributed by atoms with E-state index in [1.165, 1.54) is 19.6 Å². The van der Waals surface area contributed by atoms with E-state index in [1.54, 1.807) is 28.6 Å². The van der Waals surface area contributed by atoms with Gasteiger partial charge in [-0.1, -0.05) is 30.3 Å². The molecule has 4 rings (SSSR count). The Morgan fingerprint density at radius 3 is 2.71 bits per heavy atom. The Bertz CT molecular complexity index is 1290.